The first-order valence-electron chi connectivity index (χ1n) is 8.87. The van der Waals surface area contributed by atoms with Gasteiger partial charge in [-0.05, 0) is 62.4 Å². The molecule has 1 aromatic heterocycles. The minimum Gasteiger partial charge on any atom is -0.339 e. The molecule has 0 unspecified atom stereocenters. The number of hydrogen-bond acceptors (Lipinski definition) is 3. The van der Waals surface area contributed by atoms with Crippen molar-refractivity contribution in [3.05, 3.63) is 51.2 Å². The van der Waals surface area contributed by atoms with Crippen LogP contribution in [0.4, 0.5) is 5.69 Å². The van der Waals surface area contributed by atoms with Gasteiger partial charge in [0.15, 0.2) is 0 Å². The smallest absolute Gasteiger partial charge is 0.256 e. The third kappa shape index (κ3) is 3.93. The van der Waals surface area contributed by atoms with Gasteiger partial charge in [0.25, 0.3) is 11.8 Å². The van der Waals surface area contributed by atoms with E-state index in [2.05, 4.69) is 12.2 Å². The molecule has 1 saturated heterocycles. The lowest BCUT2D eigenvalue weighted by Crippen LogP contribution is -2.35. The predicted octanol–water partition coefficient (Wildman–Crippen LogP) is 4.50. The number of aryl methyl sites for hydroxylation is 1. The lowest BCUT2D eigenvalue weighted by molar-refractivity contribution is 0.0724. The first kappa shape index (κ1) is 17.7. The van der Waals surface area contributed by atoms with Gasteiger partial charge in [-0.15, -0.1) is 11.3 Å². The lowest BCUT2D eigenvalue weighted by Gasteiger charge is -2.26. The van der Waals surface area contributed by atoms with E-state index in [4.69, 9.17) is 0 Å². The highest BCUT2D eigenvalue weighted by Crippen LogP contribution is 2.23. The van der Waals surface area contributed by atoms with Crippen LogP contribution in [0.15, 0.2) is 29.6 Å². The number of anilines is 1. The van der Waals surface area contributed by atoms with Gasteiger partial charge in [-0.3, -0.25) is 9.59 Å². The molecule has 0 spiro atoms. The zero-order valence-electron chi connectivity index (χ0n) is 14.8. The van der Waals surface area contributed by atoms with Crippen LogP contribution >= 0.6 is 11.3 Å². The van der Waals surface area contributed by atoms with Gasteiger partial charge >= 0.3 is 0 Å². The monoisotopic (exact) mass is 356 g/mol. The van der Waals surface area contributed by atoms with E-state index in [-0.39, 0.29) is 11.8 Å². The van der Waals surface area contributed by atoms with Crippen molar-refractivity contribution < 1.29 is 9.59 Å². The number of likely N-dealkylation sites (tertiary alicyclic amines) is 1. The molecule has 0 bridgehead atoms. The molecule has 0 aliphatic carbocycles. The molecule has 0 atom stereocenters. The first-order chi connectivity index (χ1) is 12.1. The fourth-order valence-electron chi connectivity index (χ4n) is 3.28. The summed E-state index contributed by atoms with van der Waals surface area (Å²) in [5.74, 6) is -0.00406. The summed E-state index contributed by atoms with van der Waals surface area (Å²) in [7, 11) is 0. The van der Waals surface area contributed by atoms with E-state index >= 15 is 0 Å². The second-order valence-corrected chi connectivity index (χ2v) is 7.51. The molecule has 3 rings (SSSR count). The Kier molecular flexibility index (Phi) is 5.53. The first-order valence-corrected chi connectivity index (χ1v) is 9.75. The van der Waals surface area contributed by atoms with Gasteiger partial charge in [0.2, 0.25) is 0 Å². The molecule has 0 radical (unpaired) electrons. The Bertz CT molecular complexity index is 759. The summed E-state index contributed by atoms with van der Waals surface area (Å²) in [6.07, 6.45) is 4.22. The highest BCUT2D eigenvalue weighted by Gasteiger charge is 2.18. The number of nitrogens with zero attached hydrogens (tertiary/aromatic N) is 1. The van der Waals surface area contributed by atoms with Crippen molar-refractivity contribution in [3.8, 4) is 0 Å². The molecule has 1 aliphatic rings. The molecule has 2 aromatic rings. The van der Waals surface area contributed by atoms with Crippen molar-refractivity contribution >= 4 is 28.8 Å². The van der Waals surface area contributed by atoms with Crippen LogP contribution in [0, 0.1) is 6.92 Å². The van der Waals surface area contributed by atoms with Gasteiger partial charge < -0.3 is 10.2 Å². The van der Waals surface area contributed by atoms with Gasteiger partial charge in [0, 0.05) is 34.6 Å². The summed E-state index contributed by atoms with van der Waals surface area (Å²) in [5.41, 5.74) is 3.25. The minimum atomic E-state index is -0.0868. The third-order valence-corrected chi connectivity index (χ3v) is 5.69. The van der Waals surface area contributed by atoms with Gasteiger partial charge in [0.1, 0.15) is 0 Å². The number of rotatable bonds is 4. The molecule has 25 heavy (non-hydrogen) atoms. The van der Waals surface area contributed by atoms with Crippen LogP contribution in [0.3, 0.4) is 0 Å². The van der Waals surface area contributed by atoms with E-state index in [0.717, 1.165) is 43.5 Å². The van der Waals surface area contributed by atoms with Crippen molar-refractivity contribution in [2.24, 2.45) is 0 Å². The standard InChI is InChI=1S/C20H24N2O2S/c1-3-17-14(2)25-13-18(17)19(23)21-16-9-7-15(8-10-16)20(24)22-11-5-4-6-12-22/h7-10,13H,3-6,11-12H2,1-2H3,(H,21,23). The Labute approximate surface area is 152 Å². The molecular formula is C20H24N2O2S. The van der Waals surface area contributed by atoms with Crippen LogP contribution in [0.1, 0.15) is 57.3 Å². The Balaban J connectivity index is 1.68. The maximum atomic E-state index is 12.5. The molecule has 1 aromatic carbocycles. The molecule has 4 nitrogen and oxygen atoms in total. The van der Waals surface area contributed by atoms with Crippen LogP contribution in [0.25, 0.3) is 0 Å². The summed E-state index contributed by atoms with van der Waals surface area (Å²) in [4.78, 5) is 28.1. The fraction of sp³-hybridized carbons (Fsp3) is 0.400. The van der Waals surface area contributed by atoms with Crippen LogP contribution in [0.2, 0.25) is 0 Å². The summed E-state index contributed by atoms with van der Waals surface area (Å²) in [6, 6.07) is 7.21. The molecule has 2 amide bonds. The van der Waals surface area contributed by atoms with E-state index in [1.165, 1.54) is 11.3 Å². The lowest BCUT2D eigenvalue weighted by atomic mass is 10.1. The van der Waals surface area contributed by atoms with Gasteiger partial charge in [-0.2, -0.15) is 0 Å². The Morgan fingerprint density at radius 3 is 2.44 bits per heavy atom. The topological polar surface area (TPSA) is 49.4 Å². The normalized spacial score (nSPS) is 14.4. The number of piperidine rings is 1. The largest absolute Gasteiger partial charge is 0.339 e. The van der Waals surface area contributed by atoms with Crippen molar-refractivity contribution in [2.45, 2.75) is 39.5 Å². The van der Waals surface area contributed by atoms with E-state index in [9.17, 15) is 9.59 Å². The Morgan fingerprint density at radius 1 is 1.12 bits per heavy atom. The molecule has 2 heterocycles. The predicted molar refractivity (Wildman–Crippen MR) is 103 cm³/mol. The van der Waals surface area contributed by atoms with Crippen LogP contribution in [-0.2, 0) is 6.42 Å². The summed E-state index contributed by atoms with van der Waals surface area (Å²) < 4.78 is 0. The highest BCUT2D eigenvalue weighted by molar-refractivity contribution is 7.10. The Morgan fingerprint density at radius 2 is 1.80 bits per heavy atom. The quantitative estimate of drug-likeness (QED) is 0.877. The number of nitrogens with one attached hydrogen (secondary N) is 1. The fourth-order valence-corrected chi connectivity index (χ4v) is 4.22. The maximum absolute atomic E-state index is 12.5. The van der Waals surface area contributed by atoms with Crippen molar-refractivity contribution in [3.63, 3.8) is 0 Å². The molecular weight excluding hydrogens is 332 g/mol. The van der Waals surface area contributed by atoms with E-state index in [0.29, 0.717) is 11.3 Å². The average molecular weight is 356 g/mol. The molecule has 5 heteroatoms. The number of hydrogen-bond donors (Lipinski definition) is 1. The number of amides is 2. The molecule has 1 N–H and O–H groups in total. The number of carbonyl (C=O) groups excluding carboxylic acids is 2. The van der Waals surface area contributed by atoms with E-state index < -0.39 is 0 Å². The molecule has 1 fully saturated rings. The molecule has 132 valence electrons. The SMILES string of the molecule is CCc1c(C(=O)Nc2ccc(C(=O)N3CCCCC3)cc2)csc1C. The van der Waals surface area contributed by atoms with E-state index in [1.807, 2.05) is 17.2 Å². The highest BCUT2D eigenvalue weighted by atomic mass is 32.1. The molecule has 1 aliphatic heterocycles. The molecule has 0 saturated carbocycles. The third-order valence-electron chi connectivity index (χ3n) is 4.73. The van der Waals surface area contributed by atoms with Crippen LogP contribution in [-0.4, -0.2) is 29.8 Å². The van der Waals surface area contributed by atoms with E-state index in [1.54, 1.807) is 35.6 Å². The zero-order valence-corrected chi connectivity index (χ0v) is 15.6. The van der Waals surface area contributed by atoms with Gasteiger partial charge in [-0.1, -0.05) is 6.92 Å². The van der Waals surface area contributed by atoms with Gasteiger partial charge in [-0.25, -0.2) is 0 Å². The second-order valence-electron chi connectivity index (χ2n) is 6.42. The zero-order chi connectivity index (χ0) is 17.8. The van der Waals surface area contributed by atoms with Crippen molar-refractivity contribution in [2.75, 3.05) is 18.4 Å². The Hall–Kier alpha value is -2.14. The van der Waals surface area contributed by atoms with Gasteiger partial charge in [0.05, 0.1) is 5.56 Å². The average Bonchev–Trinajstić information content (AvgIpc) is 3.03. The number of benzene rings is 1. The van der Waals surface area contributed by atoms with Crippen LogP contribution < -0.4 is 5.32 Å². The maximum Gasteiger partial charge on any atom is 0.256 e. The number of thiophene rings is 1. The van der Waals surface area contributed by atoms with Crippen molar-refractivity contribution in [1.29, 1.82) is 0 Å². The second kappa shape index (κ2) is 7.83. The van der Waals surface area contributed by atoms with Crippen LogP contribution in [0.5, 0.6) is 0 Å². The summed E-state index contributed by atoms with van der Waals surface area (Å²) >= 11 is 1.61. The minimum absolute atomic E-state index is 0.0827. The summed E-state index contributed by atoms with van der Waals surface area (Å²) in [6.45, 7) is 5.79. The van der Waals surface area contributed by atoms with Crippen molar-refractivity contribution in [1.82, 2.24) is 4.90 Å². The summed E-state index contributed by atoms with van der Waals surface area (Å²) in [5, 5.41) is 4.85. The number of carbonyl (C=O) groups is 2.